The van der Waals surface area contributed by atoms with Gasteiger partial charge in [-0.05, 0) is 77.0 Å². The maximum absolute atomic E-state index is 3.75. The largest absolute Gasteiger partial charge is 0.314 e. The first-order chi connectivity index (χ1) is 8.39. The second-order valence-electron chi connectivity index (χ2n) is 7.38. The van der Waals surface area contributed by atoms with Crippen LogP contribution in [0, 0.1) is 11.3 Å². The third-order valence-corrected chi connectivity index (χ3v) is 4.42. The maximum atomic E-state index is 3.75. The standard InChI is InChI=1S/C16H34N2/c1-16(2,3)14-8-10-15(11-9-14)17-12-6-7-13-18(4)5/h14-15,17H,6-13H2,1-5H3. The smallest absolute Gasteiger partial charge is 0.00672 e. The Morgan fingerprint density at radius 2 is 1.61 bits per heavy atom. The van der Waals surface area contributed by atoms with Crippen LogP contribution >= 0.6 is 0 Å². The third kappa shape index (κ3) is 6.19. The molecule has 0 amide bonds. The van der Waals surface area contributed by atoms with Crippen LogP contribution < -0.4 is 5.32 Å². The first kappa shape index (κ1) is 16.0. The molecule has 1 saturated carbocycles. The Morgan fingerprint density at radius 3 is 2.11 bits per heavy atom. The van der Waals surface area contributed by atoms with E-state index in [1.165, 1.54) is 51.6 Å². The molecule has 1 aliphatic carbocycles. The highest BCUT2D eigenvalue weighted by Crippen LogP contribution is 2.37. The molecule has 2 nitrogen and oxygen atoms in total. The molecule has 2 heteroatoms. The van der Waals surface area contributed by atoms with Gasteiger partial charge in [0.2, 0.25) is 0 Å². The van der Waals surface area contributed by atoms with E-state index >= 15 is 0 Å². The van der Waals surface area contributed by atoms with Gasteiger partial charge in [-0.25, -0.2) is 0 Å². The average Bonchev–Trinajstić information content (AvgIpc) is 2.27. The molecule has 0 aliphatic heterocycles. The fraction of sp³-hybridized carbons (Fsp3) is 1.00. The Hall–Kier alpha value is -0.0800. The van der Waals surface area contributed by atoms with Crippen molar-refractivity contribution in [3.8, 4) is 0 Å². The van der Waals surface area contributed by atoms with E-state index in [-0.39, 0.29) is 0 Å². The lowest BCUT2D eigenvalue weighted by Gasteiger charge is -2.37. The van der Waals surface area contributed by atoms with Gasteiger partial charge in [-0.2, -0.15) is 0 Å². The molecule has 108 valence electrons. The van der Waals surface area contributed by atoms with Crippen LogP contribution in [-0.2, 0) is 0 Å². The Bertz CT molecular complexity index is 210. The number of nitrogens with one attached hydrogen (secondary N) is 1. The van der Waals surface area contributed by atoms with Gasteiger partial charge in [0.05, 0.1) is 0 Å². The summed E-state index contributed by atoms with van der Waals surface area (Å²) in [5.41, 5.74) is 0.511. The summed E-state index contributed by atoms with van der Waals surface area (Å²) in [5, 5.41) is 3.75. The fourth-order valence-corrected chi connectivity index (χ4v) is 3.02. The van der Waals surface area contributed by atoms with Crippen LogP contribution in [0.2, 0.25) is 0 Å². The predicted molar refractivity (Wildman–Crippen MR) is 81.0 cm³/mol. The van der Waals surface area contributed by atoms with Crippen molar-refractivity contribution in [2.45, 2.75) is 65.3 Å². The minimum atomic E-state index is 0.511. The highest BCUT2D eigenvalue weighted by atomic mass is 15.0. The molecule has 0 atom stereocenters. The average molecular weight is 254 g/mol. The number of nitrogens with zero attached hydrogens (tertiary/aromatic N) is 1. The van der Waals surface area contributed by atoms with Crippen molar-refractivity contribution in [3.63, 3.8) is 0 Å². The molecule has 0 aromatic carbocycles. The fourth-order valence-electron chi connectivity index (χ4n) is 3.02. The van der Waals surface area contributed by atoms with Crippen LogP contribution in [0.3, 0.4) is 0 Å². The van der Waals surface area contributed by atoms with Gasteiger partial charge in [-0.1, -0.05) is 20.8 Å². The summed E-state index contributed by atoms with van der Waals surface area (Å²) in [5.74, 6) is 0.935. The summed E-state index contributed by atoms with van der Waals surface area (Å²) in [6.45, 7) is 9.61. The van der Waals surface area contributed by atoms with Crippen LogP contribution in [0.15, 0.2) is 0 Å². The van der Waals surface area contributed by atoms with Crippen molar-refractivity contribution in [2.24, 2.45) is 11.3 Å². The second kappa shape index (κ2) is 7.49. The molecule has 0 heterocycles. The van der Waals surface area contributed by atoms with E-state index in [0.29, 0.717) is 5.41 Å². The van der Waals surface area contributed by atoms with Crippen LogP contribution in [0.5, 0.6) is 0 Å². The minimum absolute atomic E-state index is 0.511. The van der Waals surface area contributed by atoms with E-state index in [1.54, 1.807) is 0 Å². The molecule has 0 aromatic rings. The lowest BCUT2D eigenvalue weighted by Crippen LogP contribution is -2.36. The van der Waals surface area contributed by atoms with Crippen molar-refractivity contribution in [1.29, 1.82) is 0 Å². The lowest BCUT2D eigenvalue weighted by atomic mass is 9.71. The van der Waals surface area contributed by atoms with E-state index in [1.807, 2.05) is 0 Å². The topological polar surface area (TPSA) is 15.3 Å². The number of hydrogen-bond acceptors (Lipinski definition) is 2. The van der Waals surface area contributed by atoms with Crippen LogP contribution in [-0.4, -0.2) is 38.1 Å². The highest BCUT2D eigenvalue weighted by molar-refractivity contribution is 4.83. The predicted octanol–water partition coefficient (Wildman–Crippen LogP) is 3.52. The second-order valence-corrected chi connectivity index (χ2v) is 7.38. The van der Waals surface area contributed by atoms with E-state index in [4.69, 9.17) is 0 Å². The van der Waals surface area contributed by atoms with Crippen LogP contribution in [0.4, 0.5) is 0 Å². The van der Waals surface area contributed by atoms with E-state index in [2.05, 4.69) is 45.1 Å². The Balaban J connectivity index is 2.06. The summed E-state index contributed by atoms with van der Waals surface area (Å²) in [6.07, 6.45) is 8.23. The summed E-state index contributed by atoms with van der Waals surface area (Å²) >= 11 is 0. The molecular formula is C16H34N2. The number of rotatable bonds is 6. The van der Waals surface area contributed by atoms with Gasteiger partial charge in [-0.15, -0.1) is 0 Å². The monoisotopic (exact) mass is 254 g/mol. The van der Waals surface area contributed by atoms with E-state index < -0.39 is 0 Å². The van der Waals surface area contributed by atoms with Crippen molar-refractivity contribution in [2.75, 3.05) is 27.2 Å². The van der Waals surface area contributed by atoms with Gasteiger partial charge in [0, 0.05) is 6.04 Å². The molecule has 1 fully saturated rings. The van der Waals surface area contributed by atoms with Crippen molar-refractivity contribution < 1.29 is 0 Å². The molecule has 1 N–H and O–H groups in total. The first-order valence-electron chi connectivity index (χ1n) is 7.77. The van der Waals surface area contributed by atoms with Crippen molar-refractivity contribution in [1.82, 2.24) is 10.2 Å². The third-order valence-electron chi connectivity index (χ3n) is 4.42. The van der Waals surface area contributed by atoms with E-state index in [0.717, 1.165) is 12.0 Å². The van der Waals surface area contributed by atoms with Gasteiger partial charge in [0.25, 0.3) is 0 Å². The van der Waals surface area contributed by atoms with E-state index in [9.17, 15) is 0 Å². The van der Waals surface area contributed by atoms with Gasteiger partial charge in [-0.3, -0.25) is 0 Å². The summed E-state index contributed by atoms with van der Waals surface area (Å²) in [4.78, 5) is 2.27. The molecule has 0 bridgehead atoms. The molecular weight excluding hydrogens is 220 g/mol. The zero-order valence-corrected chi connectivity index (χ0v) is 13.3. The SMILES string of the molecule is CN(C)CCCCNC1CCC(C(C)(C)C)CC1. The molecule has 1 aliphatic rings. The van der Waals surface area contributed by atoms with Crippen LogP contribution in [0.25, 0.3) is 0 Å². The molecule has 0 radical (unpaired) electrons. The molecule has 0 aromatic heterocycles. The number of hydrogen-bond donors (Lipinski definition) is 1. The number of unbranched alkanes of at least 4 members (excludes halogenated alkanes) is 1. The molecule has 0 spiro atoms. The molecule has 0 saturated heterocycles. The normalized spacial score (nSPS) is 25.7. The first-order valence-corrected chi connectivity index (χ1v) is 7.77. The van der Waals surface area contributed by atoms with Gasteiger partial charge < -0.3 is 10.2 Å². The Kier molecular flexibility index (Phi) is 6.65. The zero-order valence-electron chi connectivity index (χ0n) is 13.3. The van der Waals surface area contributed by atoms with Gasteiger partial charge >= 0.3 is 0 Å². The maximum Gasteiger partial charge on any atom is 0.00672 e. The Labute approximate surface area is 115 Å². The summed E-state index contributed by atoms with van der Waals surface area (Å²) in [7, 11) is 4.31. The molecule has 1 rings (SSSR count). The summed E-state index contributed by atoms with van der Waals surface area (Å²) < 4.78 is 0. The van der Waals surface area contributed by atoms with Crippen molar-refractivity contribution >= 4 is 0 Å². The minimum Gasteiger partial charge on any atom is -0.314 e. The molecule has 18 heavy (non-hydrogen) atoms. The zero-order chi connectivity index (χ0) is 13.6. The Morgan fingerprint density at radius 1 is 1.00 bits per heavy atom. The van der Waals surface area contributed by atoms with Gasteiger partial charge in [0.1, 0.15) is 0 Å². The van der Waals surface area contributed by atoms with Gasteiger partial charge in [0.15, 0.2) is 0 Å². The van der Waals surface area contributed by atoms with Crippen molar-refractivity contribution in [3.05, 3.63) is 0 Å². The highest BCUT2D eigenvalue weighted by Gasteiger charge is 2.29. The molecule has 0 unspecified atom stereocenters. The lowest BCUT2D eigenvalue weighted by molar-refractivity contribution is 0.160. The summed E-state index contributed by atoms with van der Waals surface area (Å²) in [6, 6.07) is 0.794. The van der Waals surface area contributed by atoms with Crippen LogP contribution in [0.1, 0.15) is 59.3 Å². The quantitative estimate of drug-likeness (QED) is 0.730.